The number of fused-ring (bicyclic) bond motifs is 1. The minimum Gasteiger partial charge on any atom is -0.481 e. The van der Waals surface area contributed by atoms with Crippen LogP contribution in [-0.2, 0) is 10.2 Å². The molecular formula is C30H34ClN5O3. The van der Waals surface area contributed by atoms with Crippen LogP contribution in [0.4, 0.5) is 0 Å². The van der Waals surface area contributed by atoms with E-state index in [-0.39, 0.29) is 16.9 Å². The van der Waals surface area contributed by atoms with Crippen LogP contribution >= 0.6 is 11.6 Å². The molecule has 2 aromatic carbocycles. The lowest BCUT2D eigenvalue weighted by Gasteiger charge is -2.39. The number of piperazine rings is 1. The molecule has 0 saturated carbocycles. The molecule has 3 heterocycles. The molecule has 9 heteroatoms. The highest BCUT2D eigenvalue weighted by atomic mass is 35.5. The van der Waals surface area contributed by atoms with Crippen molar-refractivity contribution < 1.29 is 14.6 Å². The Kier molecular flexibility index (Phi) is 8.16. The molecule has 0 radical (unpaired) electrons. The van der Waals surface area contributed by atoms with E-state index >= 15 is 0 Å². The lowest BCUT2D eigenvalue weighted by Crippen LogP contribution is -2.48. The van der Waals surface area contributed by atoms with Crippen LogP contribution in [0.3, 0.4) is 0 Å². The summed E-state index contributed by atoms with van der Waals surface area (Å²) in [4.78, 5) is 21.1. The molecule has 2 aromatic heterocycles. The van der Waals surface area contributed by atoms with Crippen LogP contribution in [0.5, 0.6) is 5.88 Å². The number of imidazole rings is 1. The van der Waals surface area contributed by atoms with Crippen molar-refractivity contribution in [3.8, 4) is 5.88 Å². The van der Waals surface area contributed by atoms with Crippen molar-refractivity contribution in [2.75, 3.05) is 39.3 Å². The summed E-state index contributed by atoms with van der Waals surface area (Å²) < 4.78 is 7.34. The van der Waals surface area contributed by atoms with Crippen molar-refractivity contribution in [1.82, 2.24) is 24.4 Å². The molecule has 5 rings (SSSR count). The second kappa shape index (κ2) is 11.7. The predicted molar refractivity (Wildman–Crippen MR) is 152 cm³/mol. The van der Waals surface area contributed by atoms with Gasteiger partial charge in [0.15, 0.2) is 10.8 Å². The van der Waals surface area contributed by atoms with Crippen LogP contribution < -0.4 is 4.74 Å². The largest absolute Gasteiger partial charge is 0.481 e. The van der Waals surface area contributed by atoms with Gasteiger partial charge in [-0.15, -0.1) is 5.10 Å². The molecule has 1 saturated heterocycles. The summed E-state index contributed by atoms with van der Waals surface area (Å²) in [5.41, 5.74) is 2.19. The van der Waals surface area contributed by atoms with E-state index in [1.165, 1.54) is 15.6 Å². The Morgan fingerprint density at radius 3 is 2.18 bits per heavy atom. The highest BCUT2D eigenvalue weighted by Crippen LogP contribution is 2.31. The summed E-state index contributed by atoms with van der Waals surface area (Å²) in [6.45, 7) is 8.63. The smallest absolute Gasteiger partial charge is 0.315 e. The number of aliphatic carboxylic acids is 1. The third-order valence-corrected chi connectivity index (χ3v) is 7.74. The molecule has 0 unspecified atom stereocenters. The molecule has 0 amide bonds. The van der Waals surface area contributed by atoms with Gasteiger partial charge in [-0.25, -0.2) is 4.98 Å². The Labute approximate surface area is 233 Å². The summed E-state index contributed by atoms with van der Waals surface area (Å²) in [6, 6.07) is 25.2. The van der Waals surface area contributed by atoms with Gasteiger partial charge in [-0.2, -0.15) is 4.52 Å². The average Bonchev–Trinajstić information content (AvgIpc) is 3.29. The van der Waals surface area contributed by atoms with Gasteiger partial charge in [0, 0.05) is 38.8 Å². The second-order valence-corrected chi connectivity index (χ2v) is 10.8. The fraction of sp³-hybridized carbons (Fsp3) is 0.367. The zero-order valence-electron chi connectivity index (χ0n) is 22.3. The number of ether oxygens (including phenoxy) is 1. The topological polar surface area (TPSA) is 83.2 Å². The highest BCUT2D eigenvalue weighted by molar-refractivity contribution is 6.30. The first-order valence-electron chi connectivity index (χ1n) is 13.3. The van der Waals surface area contributed by atoms with Gasteiger partial charge in [-0.05, 0) is 37.5 Å². The molecule has 4 aromatic rings. The quantitative estimate of drug-likeness (QED) is 0.282. The van der Waals surface area contributed by atoms with Crippen molar-refractivity contribution in [3.63, 3.8) is 0 Å². The van der Waals surface area contributed by atoms with Crippen molar-refractivity contribution in [1.29, 1.82) is 0 Å². The Balaban J connectivity index is 1.14. The van der Waals surface area contributed by atoms with Crippen molar-refractivity contribution in [2.24, 2.45) is 0 Å². The van der Waals surface area contributed by atoms with Gasteiger partial charge in [0.25, 0.3) is 0 Å². The summed E-state index contributed by atoms with van der Waals surface area (Å²) >= 11 is 6.44. The van der Waals surface area contributed by atoms with E-state index in [1.807, 2.05) is 0 Å². The Morgan fingerprint density at radius 2 is 1.59 bits per heavy atom. The third kappa shape index (κ3) is 5.93. The van der Waals surface area contributed by atoms with Crippen LogP contribution in [0.1, 0.15) is 43.1 Å². The Hall–Kier alpha value is -3.46. The highest BCUT2D eigenvalue weighted by Gasteiger charge is 2.35. The summed E-state index contributed by atoms with van der Waals surface area (Å²) in [5.74, 6) is -0.569. The monoisotopic (exact) mass is 547 g/mol. The van der Waals surface area contributed by atoms with Gasteiger partial charge in [0.05, 0.1) is 18.3 Å². The normalized spacial score (nSPS) is 15.2. The lowest BCUT2D eigenvalue weighted by atomic mass is 9.90. The van der Waals surface area contributed by atoms with Crippen LogP contribution in [0.25, 0.3) is 5.65 Å². The molecule has 0 spiro atoms. The lowest BCUT2D eigenvalue weighted by molar-refractivity contribution is -0.142. The third-order valence-electron chi connectivity index (χ3n) is 7.40. The molecule has 0 aliphatic carbocycles. The number of nitrogens with zero attached hydrogens (tertiary/aromatic N) is 5. The Morgan fingerprint density at radius 1 is 0.974 bits per heavy atom. The number of carbonyl (C=O) groups is 1. The number of aromatic nitrogens is 3. The van der Waals surface area contributed by atoms with E-state index in [0.717, 1.165) is 39.1 Å². The number of benzene rings is 2. The second-order valence-electron chi connectivity index (χ2n) is 10.4. The number of halogens is 1. The van der Waals surface area contributed by atoms with E-state index in [9.17, 15) is 9.90 Å². The van der Waals surface area contributed by atoms with Crippen molar-refractivity contribution in [2.45, 2.75) is 31.7 Å². The number of rotatable bonds is 10. The van der Waals surface area contributed by atoms with Gasteiger partial charge in [0.1, 0.15) is 5.41 Å². The fourth-order valence-corrected chi connectivity index (χ4v) is 5.46. The first-order valence-corrected chi connectivity index (χ1v) is 13.7. The van der Waals surface area contributed by atoms with Gasteiger partial charge in [-0.3, -0.25) is 9.69 Å². The van der Waals surface area contributed by atoms with Gasteiger partial charge in [0.2, 0.25) is 5.88 Å². The summed E-state index contributed by atoms with van der Waals surface area (Å²) in [6.07, 6.45) is 0.871. The minimum atomic E-state index is -1.22. The van der Waals surface area contributed by atoms with E-state index in [4.69, 9.17) is 16.3 Å². The van der Waals surface area contributed by atoms with E-state index in [2.05, 4.69) is 80.5 Å². The molecule has 1 aliphatic rings. The number of hydrogen-bond donors (Lipinski definition) is 1. The van der Waals surface area contributed by atoms with Crippen LogP contribution in [0.15, 0.2) is 72.8 Å². The molecular weight excluding hydrogens is 514 g/mol. The van der Waals surface area contributed by atoms with Gasteiger partial charge >= 0.3 is 5.97 Å². The maximum Gasteiger partial charge on any atom is 0.315 e. The minimum absolute atomic E-state index is 0.185. The van der Waals surface area contributed by atoms with E-state index in [0.29, 0.717) is 18.1 Å². The standard InChI is InChI=1S/C30H34ClN5O3/c1-30(2,29(37)38)27-28(31)36-24(32-27)14-15-25(33-36)39-21-9-16-34-17-19-35(20-18-34)26(22-10-5-3-6-11-22)23-12-7-4-8-13-23/h3-8,10-15,26H,9,16-21H2,1-2H3,(H,37,38). The van der Waals surface area contributed by atoms with Crippen LogP contribution in [0, 0.1) is 0 Å². The van der Waals surface area contributed by atoms with E-state index < -0.39 is 11.4 Å². The Bertz CT molecular complexity index is 1360. The molecule has 1 N–H and O–H groups in total. The first-order chi connectivity index (χ1) is 18.8. The zero-order chi connectivity index (χ0) is 27.4. The van der Waals surface area contributed by atoms with Gasteiger partial charge in [-0.1, -0.05) is 72.3 Å². The number of hydrogen-bond acceptors (Lipinski definition) is 6. The van der Waals surface area contributed by atoms with Gasteiger partial charge < -0.3 is 14.7 Å². The first kappa shape index (κ1) is 27.1. The molecule has 8 nitrogen and oxygen atoms in total. The SMILES string of the molecule is CC(C)(C(=O)O)c1nc2ccc(OCCCN3CCN(C(c4ccccc4)c4ccccc4)CC3)nn2c1Cl. The zero-order valence-corrected chi connectivity index (χ0v) is 23.1. The fourth-order valence-electron chi connectivity index (χ4n) is 5.06. The van der Waals surface area contributed by atoms with Crippen LogP contribution in [0.2, 0.25) is 5.15 Å². The molecule has 0 bridgehead atoms. The van der Waals surface area contributed by atoms with Crippen molar-refractivity contribution >= 4 is 23.2 Å². The maximum atomic E-state index is 11.6. The molecule has 204 valence electrons. The molecule has 1 fully saturated rings. The van der Waals surface area contributed by atoms with Crippen molar-refractivity contribution in [3.05, 3.63) is 94.8 Å². The number of carboxylic acids is 1. The van der Waals surface area contributed by atoms with Crippen LogP contribution in [-0.4, -0.2) is 74.8 Å². The summed E-state index contributed by atoms with van der Waals surface area (Å²) in [7, 11) is 0. The summed E-state index contributed by atoms with van der Waals surface area (Å²) in [5, 5.41) is 14.1. The average molecular weight is 548 g/mol. The molecule has 0 atom stereocenters. The number of carboxylic acid groups (broad SMARTS) is 1. The van der Waals surface area contributed by atoms with E-state index in [1.54, 1.807) is 26.0 Å². The maximum absolute atomic E-state index is 11.6. The molecule has 1 aliphatic heterocycles. The predicted octanol–water partition coefficient (Wildman–Crippen LogP) is 4.92. The molecule has 39 heavy (non-hydrogen) atoms.